The number of hydrogen-bond donors (Lipinski definition) is 2. The zero-order valence-corrected chi connectivity index (χ0v) is 16.6. The van der Waals surface area contributed by atoms with Crippen molar-refractivity contribution in [2.24, 2.45) is 0 Å². The Hall–Kier alpha value is -3.31. The molecule has 3 aromatic carbocycles. The largest absolute Gasteiger partial charge is 0.481 e. The van der Waals surface area contributed by atoms with Crippen LogP contribution in [0.3, 0.4) is 0 Å². The van der Waals surface area contributed by atoms with Gasteiger partial charge in [-0.05, 0) is 41.6 Å². The van der Waals surface area contributed by atoms with E-state index in [-0.39, 0.29) is 12.2 Å². The number of aromatic amines is 1. The molecule has 0 fully saturated rings. The predicted molar refractivity (Wildman–Crippen MR) is 117 cm³/mol. The Balaban J connectivity index is 1.78. The van der Waals surface area contributed by atoms with E-state index in [9.17, 15) is 14.7 Å². The second kappa shape index (κ2) is 7.97. The van der Waals surface area contributed by atoms with E-state index in [1.54, 1.807) is 17.8 Å². The summed E-state index contributed by atoms with van der Waals surface area (Å²) in [4.78, 5) is 29.0. The molecule has 4 rings (SSSR count). The highest BCUT2D eigenvalue weighted by molar-refractivity contribution is 7.98. The molecule has 0 radical (unpaired) electrons. The fourth-order valence-corrected chi connectivity index (χ4v) is 3.98. The number of rotatable bonds is 6. The van der Waals surface area contributed by atoms with E-state index in [2.05, 4.69) is 11.1 Å². The van der Waals surface area contributed by atoms with Crippen LogP contribution in [0, 0.1) is 0 Å². The summed E-state index contributed by atoms with van der Waals surface area (Å²) >= 11 is 1.67. The minimum Gasteiger partial charge on any atom is -0.481 e. The fourth-order valence-electron chi connectivity index (χ4n) is 3.52. The van der Waals surface area contributed by atoms with Gasteiger partial charge in [0.25, 0.3) is 0 Å². The maximum absolute atomic E-state index is 13.3. The molecule has 0 aliphatic heterocycles. The number of benzene rings is 3. The Kier molecular flexibility index (Phi) is 5.23. The van der Waals surface area contributed by atoms with Gasteiger partial charge in [0.15, 0.2) is 0 Å². The number of para-hydroxylation sites is 1. The lowest BCUT2D eigenvalue weighted by Crippen LogP contribution is -2.09. The first kappa shape index (κ1) is 19.0. The Morgan fingerprint density at radius 2 is 1.66 bits per heavy atom. The summed E-state index contributed by atoms with van der Waals surface area (Å²) in [5.74, 6) is -1.17. The third kappa shape index (κ3) is 3.82. The van der Waals surface area contributed by atoms with E-state index >= 15 is 0 Å². The lowest BCUT2D eigenvalue weighted by Gasteiger charge is -2.07. The molecule has 4 nitrogen and oxygen atoms in total. The van der Waals surface area contributed by atoms with Gasteiger partial charge in [0.1, 0.15) is 0 Å². The normalized spacial score (nSPS) is 10.9. The molecule has 0 bridgehead atoms. The SMILES string of the molecule is CSc1cccc(-c2cccc(C(=O)c3[nH]c4ccccc4c3CC(=O)O)c2)c1. The lowest BCUT2D eigenvalue weighted by molar-refractivity contribution is -0.136. The summed E-state index contributed by atoms with van der Waals surface area (Å²) in [7, 11) is 0. The van der Waals surface area contributed by atoms with Crippen LogP contribution in [0.5, 0.6) is 0 Å². The Morgan fingerprint density at radius 3 is 2.41 bits per heavy atom. The summed E-state index contributed by atoms with van der Waals surface area (Å²) in [6.45, 7) is 0. The Labute approximate surface area is 172 Å². The van der Waals surface area contributed by atoms with Gasteiger partial charge in [-0.15, -0.1) is 11.8 Å². The number of hydrogen-bond acceptors (Lipinski definition) is 3. The molecule has 0 atom stereocenters. The molecule has 0 unspecified atom stereocenters. The zero-order chi connectivity index (χ0) is 20.4. The minimum atomic E-state index is -0.966. The molecule has 5 heteroatoms. The topological polar surface area (TPSA) is 70.2 Å². The van der Waals surface area contributed by atoms with E-state index in [1.165, 1.54) is 0 Å². The van der Waals surface area contributed by atoms with Crippen LogP contribution >= 0.6 is 11.8 Å². The smallest absolute Gasteiger partial charge is 0.307 e. The summed E-state index contributed by atoms with van der Waals surface area (Å²) in [6, 6.07) is 23.0. The van der Waals surface area contributed by atoms with Crippen molar-refractivity contribution >= 4 is 34.4 Å². The van der Waals surface area contributed by atoms with Crippen molar-refractivity contribution in [3.8, 4) is 11.1 Å². The minimum absolute atomic E-state index is 0.208. The number of nitrogens with one attached hydrogen (secondary N) is 1. The van der Waals surface area contributed by atoms with Gasteiger partial charge >= 0.3 is 5.97 Å². The average molecular weight is 401 g/mol. The highest BCUT2D eigenvalue weighted by Crippen LogP contribution is 2.28. The average Bonchev–Trinajstić information content (AvgIpc) is 3.11. The van der Waals surface area contributed by atoms with E-state index < -0.39 is 5.97 Å². The van der Waals surface area contributed by atoms with E-state index in [1.807, 2.05) is 66.9 Å². The molecule has 29 heavy (non-hydrogen) atoms. The Morgan fingerprint density at radius 1 is 0.931 bits per heavy atom. The van der Waals surface area contributed by atoms with E-state index in [0.29, 0.717) is 16.8 Å². The third-order valence-electron chi connectivity index (χ3n) is 4.90. The third-order valence-corrected chi connectivity index (χ3v) is 5.62. The molecular formula is C24H19NO3S. The number of aliphatic carboxylic acids is 1. The van der Waals surface area contributed by atoms with Gasteiger partial charge in [-0.2, -0.15) is 0 Å². The maximum atomic E-state index is 13.3. The standard InChI is InChI=1S/C24H19NO3S/c1-29-18-9-5-7-16(13-18)15-6-4-8-17(12-15)24(28)23-20(14-22(26)27)19-10-2-3-11-21(19)25-23/h2-13,25H,14H2,1H3,(H,26,27). The molecule has 2 N–H and O–H groups in total. The van der Waals surface area contributed by atoms with Gasteiger partial charge in [0, 0.05) is 26.9 Å². The lowest BCUT2D eigenvalue weighted by atomic mass is 9.98. The predicted octanol–water partition coefficient (Wildman–Crippen LogP) is 5.41. The summed E-state index contributed by atoms with van der Waals surface area (Å²) < 4.78 is 0. The molecule has 0 aliphatic carbocycles. The van der Waals surface area contributed by atoms with Crippen molar-refractivity contribution in [1.82, 2.24) is 4.98 Å². The van der Waals surface area contributed by atoms with Gasteiger partial charge in [0.2, 0.25) is 5.78 Å². The van der Waals surface area contributed by atoms with Gasteiger partial charge in [-0.25, -0.2) is 0 Å². The first-order valence-electron chi connectivity index (χ1n) is 9.17. The number of fused-ring (bicyclic) bond motifs is 1. The summed E-state index contributed by atoms with van der Waals surface area (Å²) in [5, 5.41) is 10.1. The number of carbonyl (C=O) groups excluding carboxylic acids is 1. The van der Waals surface area contributed by atoms with Crippen molar-refractivity contribution in [2.45, 2.75) is 11.3 Å². The molecule has 0 saturated heterocycles. The van der Waals surface area contributed by atoms with Crippen LogP contribution in [-0.2, 0) is 11.2 Å². The van der Waals surface area contributed by atoms with Gasteiger partial charge in [0.05, 0.1) is 12.1 Å². The van der Waals surface area contributed by atoms with Crippen molar-refractivity contribution < 1.29 is 14.7 Å². The molecule has 1 aromatic heterocycles. The maximum Gasteiger partial charge on any atom is 0.307 e. The van der Waals surface area contributed by atoms with Crippen LogP contribution in [0.2, 0.25) is 0 Å². The molecule has 0 spiro atoms. The number of H-pyrrole nitrogens is 1. The number of carbonyl (C=O) groups is 2. The molecule has 144 valence electrons. The first-order chi connectivity index (χ1) is 14.1. The number of carboxylic acid groups (broad SMARTS) is 1. The zero-order valence-electron chi connectivity index (χ0n) is 15.8. The molecule has 0 amide bonds. The van der Waals surface area contributed by atoms with Crippen LogP contribution < -0.4 is 0 Å². The van der Waals surface area contributed by atoms with Crippen molar-refractivity contribution in [3.63, 3.8) is 0 Å². The fraction of sp³-hybridized carbons (Fsp3) is 0.0833. The first-order valence-corrected chi connectivity index (χ1v) is 10.4. The van der Waals surface area contributed by atoms with Crippen molar-refractivity contribution in [3.05, 3.63) is 89.6 Å². The van der Waals surface area contributed by atoms with Crippen molar-refractivity contribution in [2.75, 3.05) is 6.26 Å². The van der Waals surface area contributed by atoms with Gasteiger partial charge < -0.3 is 10.1 Å². The van der Waals surface area contributed by atoms with Crippen LogP contribution in [0.4, 0.5) is 0 Å². The summed E-state index contributed by atoms with van der Waals surface area (Å²) in [6.07, 6.45) is 1.82. The van der Waals surface area contributed by atoms with Crippen molar-refractivity contribution in [1.29, 1.82) is 0 Å². The highest BCUT2D eigenvalue weighted by Gasteiger charge is 2.21. The molecular weight excluding hydrogens is 382 g/mol. The summed E-state index contributed by atoms with van der Waals surface area (Å²) in [5.41, 5.74) is 4.12. The van der Waals surface area contributed by atoms with Crippen LogP contribution in [0.1, 0.15) is 21.6 Å². The number of thioether (sulfide) groups is 1. The van der Waals surface area contributed by atoms with Gasteiger partial charge in [-0.3, -0.25) is 9.59 Å². The number of ketones is 1. The molecule has 4 aromatic rings. The molecule has 0 saturated carbocycles. The second-order valence-electron chi connectivity index (χ2n) is 6.74. The molecule has 0 aliphatic rings. The van der Waals surface area contributed by atoms with E-state index in [4.69, 9.17) is 0 Å². The quantitative estimate of drug-likeness (QED) is 0.335. The number of aromatic nitrogens is 1. The van der Waals surface area contributed by atoms with Gasteiger partial charge in [-0.1, -0.05) is 48.5 Å². The molecule has 1 heterocycles. The highest BCUT2D eigenvalue weighted by atomic mass is 32.2. The van der Waals surface area contributed by atoms with Crippen LogP contribution in [0.15, 0.2) is 77.7 Å². The monoisotopic (exact) mass is 401 g/mol. The van der Waals surface area contributed by atoms with Crippen LogP contribution in [0.25, 0.3) is 22.0 Å². The Bertz CT molecular complexity index is 1230. The number of carboxylic acids is 1. The second-order valence-corrected chi connectivity index (χ2v) is 7.62. The van der Waals surface area contributed by atoms with E-state index in [0.717, 1.165) is 26.9 Å². The van der Waals surface area contributed by atoms with Crippen LogP contribution in [-0.4, -0.2) is 28.1 Å².